The summed E-state index contributed by atoms with van der Waals surface area (Å²) in [6.45, 7) is 1.53. The van der Waals surface area contributed by atoms with Crippen LogP contribution in [-0.4, -0.2) is 25.2 Å². The first-order valence-electron chi connectivity index (χ1n) is 8.47. The lowest BCUT2D eigenvalue weighted by atomic mass is 9.99. The number of carbonyl (C=O) groups is 1. The number of halogens is 1. The van der Waals surface area contributed by atoms with Gasteiger partial charge >= 0.3 is 0 Å². The van der Waals surface area contributed by atoms with Crippen LogP contribution in [0.5, 0.6) is 0 Å². The fourth-order valence-electron chi connectivity index (χ4n) is 2.95. The largest absolute Gasteiger partial charge is 0.376 e. The van der Waals surface area contributed by atoms with Gasteiger partial charge in [-0.2, -0.15) is 0 Å². The Morgan fingerprint density at radius 3 is 2.61 bits per heavy atom. The SMILES string of the molecule is Cl.NCCCCCCC(=O)NC(c1ccccc1)C1CCCO1. The predicted molar refractivity (Wildman–Crippen MR) is 95.7 cm³/mol. The van der Waals surface area contributed by atoms with E-state index in [2.05, 4.69) is 17.4 Å². The molecule has 1 amide bonds. The molecule has 0 radical (unpaired) electrons. The van der Waals surface area contributed by atoms with Crippen LogP contribution in [0.4, 0.5) is 0 Å². The van der Waals surface area contributed by atoms with Gasteiger partial charge in [-0.3, -0.25) is 4.79 Å². The maximum absolute atomic E-state index is 12.2. The van der Waals surface area contributed by atoms with E-state index < -0.39 is 0 Å². The van der Waals surface area contributed by atoms with E-state index in [9.17, 15) is 4.79 Å². The molecule has 4 nitrogen and oxygen atoms in total. The van der Waals surface area contributed by atoms with Crippen molar-refractivity contribution in [2.24, 2.45) is 5.73 Å². The van der Waals surface area contributed by atoms with Crippen LogP contribution in [0.2, 0.25) is 0 Å². The van der Waals surface area contributed by atoms with E-state index in [1.54, 1.807) is 0 Å². The van der Waals surface area contributed by atoms with Gasteiger partial charge in [0.25, 0.3) is 0 Å². The third-order valence-electron chi connectivity index (χ3n) is 4.17. The molecule has 0 spiro atoms. The molecule has 1 saturated heterocycles. The van der Waals surface area contributed by atoms with Crippen LogP contribution in [0.3, 0.4) is 0 Å². The lowest BCUT2D eigenvalue weighted by Gasteiger charge is -2.24. The molecule has 1 aliphatic heterocycles. The van der Waals surface area contributed by atoms with Gasteiger partial charge in [-0.1, -0.05) is 43.2 Å². The molecular weight excluding hydrogens is 312 g/mol. The molecule has 0 bridgehead atoms. The summed E-state index contributed by atoms with van der Waals surface area (Å²) in [7, 11) is 0. The van der Waals surface area contributed by atoms with Crippen molar-refractivity contribution in [3.8, 4) is 0 Å². The number of benzene rings is 1. The van der Waals surface area contributed by atoms with Crippen molar-refractivity contribution in [2.75, 3.05) is 13.2 Å². The Morgan fingerprint density at radius 2 is 1.96 bits per heavy atom. The Morgan fingerprint density at radius 1 is 1.22 bits per heavy atom. The van der Waals surface area contributed by atoms with E-state index >= 15 is 0 Å². The highest BCUT2D eigenvalue weighted by Gasteiger charge is 2.28. The average molecular weight is 341 g/mol. The first kappa shape index (κ1) is 19.9. The summed E-state index contributed by atoms with van der Waals surface area (Å²) in [6.07, 6.45) is 6.92. The van der Waals surface area contributed by atoms with Crippen molar-refractivity contribution in [2.45, 2.75) is 57.1 Å². The second-order valence-electron chi connectivity index (χ2n) is 5.96. The van der Waals surface area contributed by atoms with E-state index in [1.165, 1.54) is 0 Å². The van der Waals surface area contributed by atoms with Crippen molar-refractivity contribution in [1.82, 2.24) is 5.32 Å². The number of amides is 1. The molecule has 0 saturated carbocycles. The van der Waals surface area contributed by atoms with Crippen molar-refractivity contribution in [1.29, 1.82) is 0 Å². The maximum atomic E-state index is 12.2. The Labute approximate surface area is 145 Å². The van der Waals surface area contributed by atoms with Crippen molar-refractivity contribution < 1.29 is 9.53 Å². The van der Waals surface area contributed by atoms with Crippen LogP contribution in [0, 0.1) is 0 Å². The third kappa shape index (κ3) is 6.90. The molecule has 0 aromatic heterocycles. The van der Waals surface area contributed by atoms with Crippen LogP contribution < -0.4 is 11.1 Å². The molecule has 1 aromatic rings. The molecule has 3 N–H and O–H groups in total. The zero-order chi connectivity index (χ0) is 15.6. The number of rotatable bonds is 9. The molecular formula is C18H29ClN2O2. The Hall–Kier alpha value is -1.10. The lowest BCUT2D eigenvalue weighted by Crippen LogP contribution is -2.36. The Bertz CT molecular complexity index is 436. The zero-order valence-corrected chi connectivity index (χ0v) is 14.5. The minimum Gasteiger partial charge on any atom is -0.376 e. The lowest BCUT2D eigenvalue weighted by molar-refractivity contribution is -0.123. The molecule has 1 aliphatic rings. The van der Waals surface area contributed by atoms with Gasteiger partial charge in [-0.15, -0.1) is 12.4 Å². The van der Waals surface area contributed by atoms with Gasteiger partial charge in [0.05, 0.1) is 12.1 Å². The standard InChI is InChI=1S/C18H28N2O2.ClH/c19-13-7-2-1-6-12-17(21)20-18(16-11-8-14-22-16)15-9-4-3-5-10-15;/h3-5,9-10,16,18H,1-2,6-8,11-14,19H2,(H,20,21);1H. The zero-order valence-electron chi connectivity index (χ0n) is 13.7. The highest BCUT2D eigenvalue weighted by atomic mass is 35.5. The number of nitrogens with one attached hydrogen (secondary N) is 1. The van der Waals surface area contributed by atoms with E-state index in [-0.39, 0.29) is 30.5 Å². The van der Waals surface area contributed by atoms with Gasteiger partial charge in [0.2, 0.25) is 5.91 Å². The van der Waals surface area contributed by atoms with E-state index in [1.807, 2.05) is 18.2 Å². The molecule has 0 aliphatic carbocycles. The topological polar surface area (TPSA) is 64.4 Å². The summed E-state index contributed by atoms with van der Waals surface area (Å²) >= 11 is 0. The Kier molecular flexibility index (Phi) is 9.92. The second-order valence-corrected chi connectivity index (χ2v) is 5.96. The second kappa shape index (κ2) is 11.4. The first-order chi connectivity index (χ1) is 10.8. The quantitative estimate of drug-likeness (QED) is 0.677. The summed E-state index contributed by atoms with van der Waals surface area (Å²) < 4.78 is 5.80. The summed E-state index contributed by atoms with van der Waals surface area (Å²) in [5.41, 5.74) is 6.61. The van der Waals surface area contributed by atoms with Crippen LogP contribution in [0.15, 0.2) is 30.3 Å². The molecule has 2 atom stereocenters. The minimum absolute atomic E-state index is 0. The van der Waals surface area contributed by atoms with E-state index in [4.69, 9.17) is 10.5 Å². The van der Waals surface area contributed by atoms with Gasteiger partial charge in [0.1, 0.15) is 0 Å². The average Bonchev–Trinajstić information content (AvgIpc) is 3.07. The molecule has 2 rings (SSSR count). The molecule has 130 valence electrons. The highest BCUT2D eigenvalue weighted by molar-refractivity contribution is 5.85. The third-order valence-corrected chi connectivity index (χ3v) is 4.17. The van der Waals surface area contributed by atoms with Crippen molar-refractivity contribution in [3.63, 3.8) is 0 Å². The van der Waals surface area contributed by atoms with Gasteiger partial charge in [-0.25, -0.2) is 0 Å². The molecule has 23 heavy (non-hydrogen) atoms. The fourth-order valence-corrected chi connectivity index (χ4v) is 2.95. The molecule has 1 fully saturated rings. The normalized spacial score (nSPS) is 18.2. The smallest absolute Gasteiger partial charge is 0.220 e. The number of hydrogen-bond donors (Lipinski definition) is 2. The number of nitrogens with two attached hydrogens (primary N) is 1. The Balaban J connectivity index is 0.00000264. The van der Waals surface area contributed by atoms with Crippen molar-refractivity contribution >= 4 is 18.3 Å². The monoisotopic (exact) mass is 340 g/mol. The van der Waals surface area contributed by atoms with Crippen LogP contribution in [0.25, 0.3) is 0 Å². The number of unbranched alkanes of at least 4 members (excludes halogenated alkanes) is 3. The van der Waals surface area contributed by atoms with Gasteiger partial charge in [-0.05, 0) is 37.8 Å². The minimum atomic E-state index is -0.0276. The fraction of sp³-hybridized carbons (Fsp3) is 0.611. The summed E-state index contributed by atoms with van der Waals surface area (Å²) in [4.78, 5) is 12.2. The predicted octanol–water partition coefficient (Wildman–Crippen LogP) is 3.35. The molecule has 5 heteroatoms. The van der Waals surface area contributed by atoms with Crippen LogP contribution >= 0.6 is 12.4 Å². The number of ether oxygens (including phenoxy) is 1. The van der Waals surface area contributed by atoms with E-state index in [0.29, 0.717) is 6.42 Å². The molecule has 1 aromatic carbocycles. The summed E-state index contributed by atoms with van der Waals surface area (Å²) in [5, 5.41) is 3.18. The first-order valence-corrected chi connectivity index (χ1v) is 8.47. The van der Waals surface area contributed by atoms with E-state index in [0.717, 1.165) is 57.2 Å². The number of hydrogen-bond acceptors (Lipinski definition) is 3. The number of carbonyl (C=O) groups excluding carboxylic acids is 1. The highest BCUT2D eigenvalue weighted by Crippen LogP contribution is 2.27. The van der Waals surface area contributed by atoms with Gasteiger partial charge < -0.3 is 15.8 Å². The summed E-state index contributed by atoms with van der Waals surface area (Å²) in [5.74, 6) is 0.122. The van der Waals surface area contributed by atoms with Crippen molar-refractivity contribution in [3.05, 3.63) is 35.9 Å². The summed E-state index contributed by atoms with van der Waals surface area (Å²) in [6, 6.07) is 10.1. The van der Waals surface area contributed by atoms with Crippen LogP contribution in [-0.2, 0) is 9.53 Å². The van der Waals surface area contributed by atoms with Gasteiger partial charge in [0.15, 0.2) is 0 Å². The molecule has 1 heterocycles. The maximum Gasteiger partial charge on any atom is 0.220 e. The van der Waals surface area contributed by atoms with Gasteiger partial charge in [0, 0.05) is 13.0 Å². The van der Waals surface area contributed by atoms with Crippen LogP contribution in [0.1, 0.15) is 56.6 Å². The molecule has 2 unspecified atom stereocenters.